The summed E-state index contributed by atoms with van der Waals surface area (Å²) in [5.74, 6) is -9.44. The van der Waals surface area contributed by atoms with Gasteiger partial charge in [-0.05, 0) is 24.3 Å². The Hall–Kier alpha value is -2.81. The highest BCUT2D eigenvalue weighted by atomic mass is 32.2. The van der Waals surface area contributed by atoms with Crippen LogP contribution in [-0.4, -0.2) is 14.5 Å². The lowest BCUT2D eigenvalue weighted by Gasteiger charge is -2.16. The van der Waals surface area contributed by atoms with Gasteiger partial charge in [0.05, 0.1) is 11.8 Å². The summed E-state index contributed by atoms with van der Waals surface area (Å²) in [5.41, 5.74) is 0.0695. The molecule has 4 nitrogen and oxygen atoms in total. The third kappa shape index (κ3) is 3.15. The smallest absolute Gasteiger partial charge is 0.268 e. The molecule has 0 saturated heterocycles. The molecule has 0 heterocycles. The van der Waals surface area contributed by atoms with E-state index in [1.165, 1.54) is 6.07 Å². The van der Waals surface area contributed by atoms with Gasteiger partial charge in [0.15, 0.2) is 22.3 Å². The molecule has 1 saturated carbocycles. The maximum absolute atomic E-state index is 14.4. The topological polar surface area (TPSA) is 55.4 Å². The zero-order valence-electron chi connectivity index (χ0n) is 14.2. The zero-order chi connectivity index (χ0) is 20.1. The molecule has 0 aromatic heterocycles. The summed E-state index contributed by atoms with van der Waals surface area (Å²) < 4.78 is 88.9. The highest BCUT2D eigenvalue weighted by Crippen LogP contribution is 2.39. The summed E-state index contributed by atoms with van der Waals surface area (Å²) in [5, 5.41) is 1.18. The van der Waals surface area contributed by atoms with E-state index >= 15 is 0 Å². The number of anilines is 1. The highest BCUT2D eigenvalue weighted by molar-refractivity contribution is 7.92. The largest absolute Gasteiger partial charge is 0.486 e. The van der Waals surface area contributed by atoms with Crippen LogP contribution in [0.5, 0.6) is 5.75 Å². The molecule has 0 atom stereocenters. The van der Waals surface area contributed by atoms with E-state index in [9.17, 15) is 26.0 Å². The van der Waals surface area contributed by atoms with E-state index in [0.29, 0.717) is 23.6 Å². The van der Waals surface area contributed by atoms with Gasteiger partial charge in [0.2, 0.25) is 11.6 Å². The number of hydrogen-bond acceptors (Lipinski definition) is 3. The van der Waals surface area contributed by atoms with Crippen LogP contribution >= 0.6 is 0 Å². The van der Waals surface area contributed by atoms with Gasteiger partial charge in [-0.2, -0.15) is 4.39 Å². The Bertz CT molecular complexity index is 1190. The molecule has 0 bridgehead atoms. The van der Waals surface area contributed by atoms with Crippen molar-refractivity contribution >= 4 is 26.5 Å². The first-order valence-electron chi connectivity index (χ1n) is 8.33. The Morgan fingerprint density at radius 3 is 2.21 bits per heavy atom. The average molecular weight is 411 g/mol. The van der Waals surface area contributed by atoms with Crippen LogP contribution in [0.15, 0.2) is 47.4 Å². The summed E-state index contributed by atoms with van der Waals surface area (Å²) >= 11 is 0. The molecule has 1 N–H and O–H groups in total. The Morgan fingerprint density at radius 1 is 0.857 bits per heavy atom. The molecule has 0 spiro atoms. The molecule has 1 aliphatic rings. The van der Waals surface area contributed by atoms with Gasteiger partial charge in [0.1, 0.15) is 0 Å². The van der Waals surface area contributed by atoms with Crippen LogP contribution in [0, 0.1) is 23.3 Å². The lowest BCUT2D eigenvalue weighted by Crippen LogP contribution is -2.19. The summed E-state index contributed by atoms with van der Waals surface area (Å²) in [7, 11) is -4.84. The maximum Gasteiger partial charge on any atom is 0.268 e. The van der Waals surface area contributed by atoms with E-state index in [1.807, 2.05) is 0 Å². The van der Waals surface area contributed by atoms with Crippen molar-refractivity contribution in [2.24, 2.45) is 0 Å². The lowest BCUT2D eigenvalue weighted by molar-refractivity contribution is 0.262. The molecule has 0 unspecified atom stereocenters. The SMILES string of the molecule is O=S(=O)(Nc1cccc2ccccc12)c1c(F)c(F)c(F)c(F)c1OC1CC1. The van der Waals surface area contributed by atoms with Gasteiger partial charge in [-0.1, -0.05) is 36.4 Å². The van der Waals surface area contributed by atoms with Crippen LogP contribution < -0.4 is 9.46 Å². The minimum Gasteiger partial charge on any atom is -0.486 e. The second-order valence-corrected chi connectivity index (χ2v) is 7.98. The molecule has 0 radical (unpaired) electrons. The Kier molecular flexibility index (Phi) is 4.41. The van der Waals surface area contributed by atoms with Crippen molar-refractivity contribution in [3.8, 4) is 5.75 Å². The third-order valence-electron chi connectivity index (χ3n) is 4.29. The van der Waals surface area contributed by atoms with Crippen LogP contribution in [0.1, 0.15) is 12.8 Å². The quantitative estimate of drug-likeness (QED) is 0.375. The fraction of sp³-hybridized carbons (Fsp3) is 0.158. The normalized spacial score (nSPS) is 14.3. The molecule has 3 aromatic rings. The molecular formula is C19H13F4NO3S. The fourth-order valence-corrected chi connectivity index (χ4v) is 4.08. The summed E-state index contributed by atoms with van der Waals surface area (Å²) in [6.45, 7) is 0. The van der Waals surface area contributed by atoms with Gasteiger partial charge in [-0.3, -0.25) is 4.72 Å². The average Bonchev–Trinajstić information content (AvgIpc) is 3.48. The first kappa shape index (κ1) is 18.5. The predicted molar refractivity (Wildman–Crippen MR) is 94.7 cm³/mol. The summed E-state index contributed by atoms with van der Waals surface area (Å²) in [4.78, 5) is -1.40. The van der Waals surface area contributed by atoms with E-state index in [4.69, 9.17) is 4.74 Å². The second kappa shape index (κ2) is 6.66. The molecule has 28 heavy (non-hydrogen) atoms. The number of rotatable bonds is 5. The number of ether oxygens (including phenoxy) is 1. The molecule has 0 amide bonds. The van der Waals surface area contributed by atoms with Crippen LogP contribution in [-0.2, 0) is 10.0 Å². The summed E-state index contributed by atoms with van der Waals surface area (Å²) in [6, 6.07) is 11.5. The number of sulfonamides is 1. The first-order valence-corrected chi connectivity index (χ1v) is 9.81. The molecular weight excluding hydrogens is 398 g/mol. The molecule has 3 aromatic carbocycles. The van der Waals surface area contributed by atoms with Gasteiger partial charge >= 0.3 is 0 Å². The zero-order valence-corrected chi connectivity index (χ0v) is 15.0. The maximum atomic E-state index is 14.4. The van der Waals surface area contributed by atoms with E-state index < -0.39 is 50.0 Å². The van der Waals surface area contributed by atoms with E-state index in [0.717, 1.165) is 0 Å². The third-order valence-corrected chi connectivity index (χ3v) is 5.69. The molecule has 1 aliphatic carbocycles. The fourth-order valence-electron chi connectivity index (χ4n) is 2.80. The Morgan fingerprint density at radius 2 is 1.50 bits per heavy atom. The number of hydrogen-bond donors (Lipinski definition) is 1. The van der Waals surface area contributed by atoms with E-state index in [1.54, 1.807) is 36.4 Å². The van der Waals surface area contributed by atoms with E-state index in [-0.39, 0.29) is 5.69 Å². The predicted octanol–water partition coefficient (Wildman–Crippen LogP) is 4.74. The minimum absolute atomic E-state index is 0.0695. The van der Waals surface area contributed by atoms with Gasteiger partial charge in [0.25, 0.3) is 10.0 Å². The van der Waals surface area contributed by atoms with E-state index in [2.05, 4.69) is 4.72 Å². The standard InChI is InChI=1S/C19H13F4NO3S/c20-14-15(21)17(23)19(18(16(14)22)27-11-8-9-11)28(25,26)24-13-7-3-5-10-4-1-2-6-12(10)13/h1-7,11,24H,8-9H2. The number of benzene rings is 3. The van der Waals surface area contributed by atoms with Crippen molar-refractivity contribution in [1.82, 2.24) is 0 Å². The van der Waals surface area contributed by atoms with Crippen molar-refractivity contribution in [1.29, 1.82) is 0 Å². The first-order chi connectivity index (χ1) is 13.3. The monoisotopic (exact) mass is 411 g/mol. The van der Waals surface area contributed by atoms with Gasteiger partial charge in [-0.25, -0.2) is 21.6 Å². The minimum atomic E-state index is -4.84. The number of nitrogens with one attached hydrogen (secondary N) is 1. The van der Waals surface area contributed by atoms with Gasteiger partial charge in [-0.15, -0.1) is 0 Å². The second-order valence-electron chi connectivity index (χ2n) is 6.36. The van der Waals surface area contributed by atoms with Gasteiger partial charge < -0.3 is 4.74 Å². The van der Waals surface area contributed by atoms with Crippen LogP contribution in [0.2, 0.25) is 0 Å². The van der Waals surface area contributed by atoms with Crippen LogP contribution in [0.25, 0.3) is 10.8 Å². The van der Waals surface area contributed by atoms with Crippen LogP contribution in [0.3, 0.4) is 0 Å². The van der Waals surface area contributed by atoms with Crippen molar-refractivity contribution in [2.75, 3.05) is 4.72 Å². The molecule has 146 valence electrons. The number of fused-ring (bicyclic) bond motifs is 1. The summed E-state index contributed by atoms with van der Waals surface area (Å²) in [6.07, 6.45) is 0.359. The molecule has 0 aliphatic heterocycles. The van der Waals surface area contributed by atoms with Crippen molar-refractivity contribution in [3.05, 3.63) is 65.7 Å². The molecule has 1 fully saturated rings. The van der Waals surface area contributed by atoms with Crippen molar-refractivity contribution < 1.29 is 30.7 Å². The Labute approximate surface area is 157 Å². The van der Waals surface area contributed by atoms with Crippen molar-refractivity contribution in [3.63, 3.8) is 0 Å². The van der Waals surface area contributed by atoms with Gasteiger partial charge in [0, 0.05) is 5.39 Å². The molecule has 4 rings (SSSR count). The van der Waals surface area contributed by atoms with Crippen LogP contribution in [0.4, 0.5) is 23.2 Å². The molecule has 9 heteroatoms. The Balaban J connectivity index is 1.87. The number of halogens is 4. The lowest BCUT2D eigenvalue weighted by atomic mass is 10.1. The van der Waals surface area contributed by atoms with Crippen molar-refractivity contribution in [2.45, 2.75) is 23.8 Å². The highest BCUT2D eigenvalue weighted by Gasteiger charge is 2.37.